The molecule has 2 aliphatic rings. The van der Waals surface area contributed by atoms with Crippen molar-refractivity contribution >= 4 is 5.91 Å². The van der Waals surface area contributed by atoms with Crippen LogP contribution in [-0.2, 0) is 9.53 Å². The SMILES string of the molecule is COC(C)C(=O)N(C)C1CC2CCC(C1)N2. The van der Waals surface area contributed by atoms with E-state index >= 15 is 0 Å². The number of likely N-dealkylation sites (N-methyl/N-ethyl adjacent to an activating group) is 1. The van der Waals surface area contributed by atoms with Crippen LogP contribution in [0.5, 0.6) is 0 Å². The van der Waals surface area contributed by atoms with Gasteiger partial charge >= 0.3 is 0 Å². The van der Waals surface area contributed by atoms with Crippen LogP contribution in [0, 0.1) is 0 Å². The number of carbonyl (C=O) groups is 1. The van der Waals surface area contributed by atoms with Crippen LogP contribution in [-0.4, -0.2) is 49.2 Å². The van der Waals surface area contributed by atoms with Crippen molar-refractivity contribution in [1.82, 2.24) is 10.2 Å². The van der Waals surface area contributed by atoms with Gasteiger partial charge in [0.05, 0.1) is 0 Å². The largest absolute Gasteiger partial charge is 0.372 e. The van der Waals surface area contributed by atoms with E-state index in [4.69, 9.17) is 4.74 Å². The fraction of sp³-hybridized carbons (Fsp3) is 0.917. The predicted molar refractivity (Wildman–Crippen MR) is 62.2 cm³/mol. The summed E-state index contributed by atoms with van der Waals surface area (Å²) in [7, 11) is 3.50. The number of ether oxygens (including phenoxy) is 1. The van der Waals surface area contributed by atoms with Crippen LogP contribution in [0.25, 0.3) is 0 Å². The number of fused-ring (bicyclic) bond motifs is 2. The number of hydrogen-bond donors (Lipinski definition) is 1. The predicted octanol–water partition coefficient (Wildman–Crippen LogP) is 0.763. The quantitative estimate of drug-likeness (QED) is 0.772. The first-order valence-corrected chi connectivity index (χ1v) is 6.17. The highest BCUT2D eigenvalue weighted by Gasteiger charge is 2.37. The Morgan fingerprint density at radius 3 is 2.44 bits per heavy atom. The zero-order valence-electron chi connectivity index (χ0n) is 10.4. The third kappa shape index (κ3) is 2.23. The number of piperidine rings is 1. The Morgan fingerprint density at radius 1 is 1.38 bits per heavy atom. The van der Waals surface area contributed by atoms with Crippen LogP contribution in [0.3, 0.4) is 0 Å². The number of amides is 1. The number of nitrogens with zero attached hydrogens (tertiary/aromatic N) is 1. The molecule has 3 unspecified atom stereocenters. The molecule has 3 atom stereocenters. The normalized spacial score (nSPS) is 34.8. The fourth-order valence-electron chi connectivity index (χ4n) is 2.91. The minimum atomic E-state index is -0.322. The number of hydrogen-bond acceptors (Lipinski definition) is 3. The van der Waals surface area contributed by atoms with E-state index in [1.165, 1.54) is 12.8 Å². The van der Waals surface area contributed by atoms with Gasteiger partial charge in [0, 0.05) is 32.3 Å². The minimum Gasteiger partial charge on any atom is -0.372 e. The molecule has 1 N–H and O–H groups in total. The van der Waals surface area contributed by atoms with E-state index in [9.17, 15) is 4.79 Å². The van der Waals surface area contributed by atoms with Gasteiger partial charge in [-0.05, 0) is 32.6 Å². The van der Waals surface area contributed by atoms with E-state index in [-0.39, 0.29) is 12.0 Å². The molecular weight excluding hydrogens is 204 g/mol. The maximum Gasteiger partial charge on any atom is 0.251 e. The van der Waals surface area contributed by atoms with Crippen molar-refractivity contribution in [2.75, 3.05) is 14.2 Å². The van der Waals surface area contributed by atoms with Crippen LogP contribution in [0.1, 0.15) is 32.6 Å². The number of methoxy groups -OCH3 is 1. The van der Waals surface area contributed by atoms with E-state index in [0.29, 0.717) is 18.1 Å². The smallest absolute Gasteiger partial charge is 0.251 e. The van der Waals surface area contributed by atoms with E-state index < -0.39 is 0 Å². The summed E-state index contributed by atoms with van der Waals surface area (Å²) >= 11 is 0. The van der Waals surface area contributed by atoms with Gasteiger partial charge in [0.2, 0.25) is 0 Å². The third-order valence-corrected chi connectivity index (χ3v) is 4.04. The van der Waals surface area contributed by atoms with E-state index in [2.05, 4.69) is 5.32 Å². The van der Waals surface area contributed by atoms with Crippen LogP contribution < -0.4 is 5.32 Å². The van der Waals surface area contributed by atoms with Crippen molar-refractivity contribution in [1.29, 1.82) is 0 Å². The molecule has 2 heterocycles. The Bertz CT molecular complexity index is 258. The Morgan fingerprint density at radius 2 is 1.94 bits per heavy atom. The summed E-state index contributed by atoms with van der Waals surface area (Å²) in [4.78, 5) is 13.9. The first kappa shape index (κ1) is 11.9. The molecule has 2 saturated heterocycles. The maximum absolute atomic E-state index is 12.0. The molecule has 2 fully saturated rings. The van der Waals surface area contributed by atoms with Crippen molar-refractivity contribution in [3.8, 4) is 0 Å². The lowest BCUT2D eigenvalue weighted by Crippen LogP contribution is -2.50. The Balaban J connectivity index is 1.94. The van der Waals surface area contributed by atoms with Gasteiger partial charge < -0.3 is 15.0 Å². The van der Waals surface area contributed by atoms with E-state index in [0.717, 1.165) is 12.8 Å². The monoisotopic (exact) mass is 226 g/mol. The fourth-order valence-corrected chi connectivity index (χ4v) is 2.91. The lowest BCUT2D eigenvalue weighted by Gasteiger charge is -2.36. The molecule has 16 heavy (non-hydrogen) atoms. The molecule has 4 heteroatoms. The minimum absolute atomic E-state index is 0.105. The van der Waals surface area contributed by atoms with Gasteiger partial charge in [0.15, 0.2) is 0 Å². The molecule has 2 rings (SSSR count). The van der Waals surface area contributed by atoms with Gasteiger partial charge in [-0.3, -0.25) is 4.79 Å². The first-order chi connectivity index (χ1) is 7.61. The summed E-state index contributed by atoms with van der Waals surface area (Å²) in [5.41, 5.74) is 0. The van der Waals surface area contributed by atoms with E-state index in [1.54, 1.807) is 7.11 Å². The molecule has 0 aromatic carbocycles. The second kappa shape index (κ2) is 4.72. The Labute approximate surface area is 97.3 Å². The molecule has 2 aliphatic heterocycles. The van der Waals surface area contributed by atoms with Crippen LogP contribution in [0.4, 0.5) is 0 Å². The summed E-state index contributed by atoms with van der Waals surface area (Å²) in [6, 6.07) is 1.64. The standard InChI is InChI=1S/C12H22N2O2/c1-8(16-3)12(15)14(2)11-6-9-4-5-10(7-11)13-9/h8-11,13H,4-7H2,1-3H3. The van der Waals surface area contributed by atoms with Gasteiger partial charge in [-0.15, -0.1) is 0 Å². The third-order valence-electron chi connectivity index (χ3n) is 4.04. The summed E-state index contributed by atoms with van der Waals surface area (Å²) < 4.78 is 5.09. The van der Waals surface area contributed by atoms with Gasteiger partial charge in [-0.1, -0.05) is 0 Å². The van der Waals surface area contributed by atoms with Crippen molar-refractivity contribution in [2.45, 2.75) is 56.8 Å². The molecular formula is C12H22N2O2. The average Bonchev–Trinajstić information content (AvgIpc) is 2.65. The van der Waals surface area contributed by atoms with Crippen molar-refractivity contribution < 1.29 is 9.53 Å². The van der Waals surface area contributed by atoms with Gasteiger partial charge in [-0.2, -0.15) is 0 Å². The topological polar surface area (TPSA) is 41.6 Å². The molecule has 1 amide bonds. The highest BCUT2D eigenvalue weighted by molar-refractivity contribution is 5.80. The summed E-state index contributed by atoms with van der Waals surface area (Å²) in [5, 5.41) is 3.59. The van der Waals surface area contributed by atoms with Crippen molar-refractivity contribution in [3.05, 3.63) is 0 Å². The average molecular weight is 226 g/mol. The zero-order valence-corrected chi connectivity index (χ0v) is 10.4. The van der Waals surface area contributed by atoms with Gasteiger partial charge in [0.25, 0.3) is 5.91 Å². The highest BCUT2D eigenvalue weighted by atomic mass is 16.5. The van der Waals surface area contributed by atoms with E-state index in [1.807, 2.05) is 18.9 Å². The summed E-state index contributed by atoms with van der Waals surface area (Å²) in [6.07, 6.45) is 4.40. The van der Waals surface area contributed by atoms with Gasteiger partial charge in [0.1, 0.15) is 6.10 Å². The lowest BCUT2D eigenvalue weighted by atomic mass is 9.98. The number of rotatable bonds is 3. The number of nitrogens with one attached hydrogen (secondary N) is 1. The molecule has 0 saturated carbocycles. The first-order valence-electron chi connectivity index (χ1n) is 6.17. The summed E-state index contributed by atoms with van der Waals surface area (Å²) in [6.45, 7) is 1.81. The zero-order chi connectivity index (χ0) is 11.7. The maximum atomic E-state index is 12.0. The Hall–Kier alpha value is -0.610. The Kier molecular flexibility index (Phi) is 3.50. The van der Waals surface area contributed by atoms with Gasteiger partial charge in [-0.25, -0.2) is 0 Å². The second-order valence-corrected chi connectivity index (χ2v) is 5.09. The molecule has 0 spiro atoms. The van der Waals surface area contributed by atoms with Crippen LogP contribution in [0.15, 0.2) is 0 Å². The lowest BCUT2D eigenvalue weighted by molar-refractivity contribution is -0.142. The van der Waals surface area contributed by atoms with Crippen LogP contribution >= 0.6 is 0 Å². The molecule has 92 valence electrons. The molecule has 0 radical (unpaired) electrons. The number of carbonyl (C=O) groups excluding carboxylic acids is 1. The molecule has 2 bridgehead atoms. The molecule has 0 aromatic rings. The molecule has 0 aromatic heterocycles. The van der Waals surface area contributed by atoms with Crippen LogP contribution in [0.2, 0.25) is 0 Å². The summed E-state index contributed by atoms with van der Waals surface area (Å²) in [5.74, 6) is 0.105. The van der Waals surface area contributed by atoms with Crippen molar-refractivity contribution in [2.24, 2.45) is 0 Å². The highest BCUT2D eigenvalue weighted by Crippen LogP contribution is 2.29. The molecule has 0 aliphatic carbocycles. The van der Waals surface area contributed by atoms with Crippen molar-refractivity contribution in [3.63, 3.8) is 0 Å². The second-order valence-electron chi connectivity index (χ2n) is 5.09. The molecule has 4 nitrogen and oxygen atoms in total.